The predicted octanol–water partition coefficient (Wildman–Crippen LogP) is 3.97. The van der Waals surface area contributed by atoms with Gasteiger partial charge in [0.2, 0.25) is 0 Å². The molecule has 2 rings (SSSR count). The minimum atomic E-state index is 0.429. The van der Waals surface area contributed by atoms with Crippen molar-refractivity contribution in [1.29, 1.82) is 0 Å². The fourth-order valence-electron chi connectivity index (χ4n) is 1.80. The van der Waals surface area contributed by atoms with Crippen molar-refractivity contribution in [3.8, 4) is 11.3 Å². The van der Waals surface area contributed by atoms with Crippen molar-refractivity contribution < 1.29 is 0 Å². The van der Waals surface area contributed by atoms with E-state index < -0.39 is 0 Å². The normalized spacial score (nSPS) is 11.1. The third kappa shape index (κ3) is 1.92. The first-order valence-corrected chi connectivity index (χ1v) is 6.18. The van der Waals surface area contributed by atoms with Crippen molar-refractivity contribution in [2.75, 3.05) is 0 Å². The van der Waals surface area contributed by atoms with Gasteiger partial charge in [-0.25, -0.2) is 0 Å². The van der Waals surface area contributed by atoms with E-state index in [1.807, 2.05) is 29.9 Å². The zero-order valence-electron chi connectivity index (χ0n) is 9.74. The minimum absolute atomic E-state index is 0.429. The van der Waals surface area contributed by atoms with Crippen LogP contribution in [-0.4, -0.2) is 9.78 Å². The Balaban J connectivity index is 2.58. The van der Waals surface area contributed by atoms with Crippen LogP contribution >= 0.6 is 15.9 Å². The molecule has 0 bridgehead atoms. The third-order valence-corrected chi connectivity index (χ3v) is 3.39. The maximum absolute atomic E-state index is 4.56. The second-order valence-corrected chi connectivity index (χ2v) is 4.99. The maximum atomic E-state index is 4.56. The molecule has 0 radical (unpaired) electrons. The van der Waals surface area contributed by atoms with Gasteiger partial charge >= 0.3 is 0 Å². The first-order valence-electron chi connectivity index (χ1n) is 5.39. The van der Waals surface area contributed by atoms with Crippen LogP contribution in [0.4, 0.5) is 0 Å². The summed E-state index contributed by atoms with van der Waals surface area (Å²) in [5.41, 5.74) is 3.45. The van der Waals surface area contributed by atoms with Gasteiger partial charge in [-0.3, -0.25) is 4.68 Å². The summed E-state index contributed by atoms with van der Waals surface area (Å²) in [6.07, 6.45) is 0. The van der Waals surface area contributed by atoms with Crippen molar-refractivity contribution >= 4 is 15.9 Å². The number of nitrogens with zero attached hydrogens (tertiary/aromatic N) is 2. The van der Waals surface area contributed by atoms with Crippen LogP contribution in [0.5, 0.6) is 0 Å². The van der Waals surface area contributed by atoms with Gasteiger partial charge < -0.3 is 0 Å². The number of aryl methyl sites for hydroxylation is 1. The highest BCUT2D eigenvalue weighted by molar-refractivity contribution is 9.10. The van der Waals surface area contributed by atoms with E-state index in [0.29, 0.717) is 5.92 Å². The zero-order valence-corrected chi connectivity index (χ0v) is 11.3. The van der Waals surface area contributed by atoms with Gasteiger partial charge in [-0.2, -0.15) is 5.10 Å². The summed E-state index contributed by atoms with van der Waals surface area (Å²) < 4.78 is 3.05. The van der Waals surface area contributed by atoms with Crippen LogP contribution in [0.3, 0.4) is 0 Å². The van der Waals surface area contributed by atoms with Gasteiger partial charge in [0.15, 0.2) is 0 Å². The van der Waals surface area contributed by atoms with E-state index in [1.54, 1.807) is 0 Å². The zero-order chi connectivity index (χ0) is 11.7. The van der Waals surface area contributed by atoms with Crippen molar-refractivity contribution in [3.05, 3.63) is 40.5 Å². The Kier molecular flexibility index (Phi) is 3.15. The van der Waals surface area contributed by atoms with E-state index in [2.05, 4.69) is 47.0 Å². The second kappa shape index (κ2) is 4.42. The number of rotatable bonds is 2. The SMILES string of the molecule is CC(C)c1nn(C)c(-c2ccccc2)c1Br. The topological polar surface area (TPSA) is 17.8 Å². The number of hydrogen-bond donors (Lipinski definition) is 0. The Labute approximate surface area is 104 Å². The fourth-order valence-corrected chi connectivity index (χ4v) is 2.82. The lowest BCUT2D eigenvalue weighted by molar-refractivity contribution is 0.717. The maximum Gasteiger partial charge on any atom is 0.0824 e. The lowest BCUT2D eigenvalue weighted by Gasteiger charge is -2.02. The Morgan fingerprint density at radius 1 is 1.19 bits per heavy atom. The van der Waals surface area contributed by atoms with Crippen molar-refractivity contribution in [2.45, 2.75) is 19.8 Å². The lowest BCUT2D eigenvalue weighted by atomic mass is 10.1. The number of hydrogen-bond acceptors (Lipinski definition) is 1. The molecule has 2 nitrogen and oxygen atoms in total. The Morgan fingerprint density at radius 2 is 1.81 bits per heavy atom. The van der Waals surface area contributed by atoms with Crippen molar-refractivity contribution in [1.82, 2.24) is 9.78 Å². The van der Waals surface area contributed by atoms with Crippen molar-refractivity contribution in [2.24, 2.45) is 7.05 Å². The molecule has 84 valence electrons. The van der Waals surface area contributed by atoms with Gasteiger partial charge in [0.1, 0.15) is 0 Å². The molecule has 0 aliphatic carbocycles. The molecular formula is C13H15BrN2. The lowest BCUT2D eigenvalue weighted by Crippen LogP contribution is -1.95. The summed E-state index contributed by atoms with van der Waals surface area (Å²) >= 11 is 3.66. The van der Waals surface area contributed by atoms with Crippen molar-refractivity contribution in [3.63, 3.8) is 0 Å². The molecule has 0 atom stereocenters. The minimum Gasteiger partial charge on any atom is -0.266 e. The largest absolute Gasteiger partial charge is 0.266 e. The molecule has 16 heavy (non-hydrogen) atoms. The summed E-state index contributed by atoms with van der Waals surface area (Å²) in [4.78, 5) is 0. The molecule has 0 fully saturated rings. The quantitative estimate of drug-likeness (QED) is 0.813. The van der Waals surface area contributed by atoms with Crippen LogP contribution in [0.15, 0.2) is 34.8 Å². The smallest absolute Gasteiger partial charge is 0.0824 e. The molecule has 1 aromatic carbocycles. The Morgan fingerprint density at radius 3 is 2.31 bits per heavy atom. The van der Waals surface area contributed by atoms with Crippen LogP contribution in [0.1, 0.15) is 25.5 Å². The average Bonchev–Trinajstić information content (AvgIpc) is 2.56. The van der Waals surface area contributed by atoms with Gasteiger partial charge in [0.05, 0.1) is 15.9 Å². The summed E-state index contributed by atoms with van der Waals surface area (Å²) in [6.45, 7) is 4.31. The Bertz CT molecular complexity index is 486. The highest BCUT2D eigenvalue weighted by atomic mass is 79.9. The van der Waals surface area contributed by atoms with E-state index in [9.17, 15) is 0 Å². The van der Waals surface area contributed by atoms with Gasteiger partial charge in [-0.05, 0) is 21.8 Å². The predicted molar refractivity (Wildman–Crippen MR) is 70.4 cm³/mol. The monoisotopic (exact) mass is 278 g/mol. The molecule has 3 heteroatoms. The molecule has 0 spiro atoms. The highest BCUT2D eigenvalue weighted by Gasteiger charge is 2.17. The highest BCUT2D eigenvalue weighted by Crippen LogP contribution is 2.33. The van der Waals surface area contributed by atoms with Crippen LogP contribution < -0.4 is 0 Å². The summed E-state index contributed by atoms with van der Waals surface area (Å²) in [7, 11) is 1.99. The summed E-state index contributed by atoms with van der Waals surface area (Å²) in [5, 5.41) is 4.56. The summed E-state index contributed by atoms with van der Waals surface area (Å²) in [5.74, 6) is 0.429. The molecule has 2 aromatic rings. The molecule has 1 heterocycles. The van der Waals surface area contributed by atoms with Gasteiger partial charge in [0.25, 0.3) is 0 Å². The van der Waals surface area contributed by atoms with Crippen LogP contribution in [0.2, 0.25) is 0 Å². The number of aromatic nitrogens is 2. The van der Waals surface area contributed by atoms with Crippen LogP contribution in [0.25, 0.3) is 11.3 Å². The first kappa shape index (κ1) is 11.4. The van der Waals surface area contributed by atoms with E-state index >= 15 is 0 Å². The first-order chi connectivity index (χ1) is 7.61. The van der Waals surface area contributed by atoms with E-state index in [0.717, 1.165) is 15.9 Å². The number of halogens is 1. The van der Waals surface area contributed by atoms with Crippen LogP contribution in [0, 0.1) is 0 Å². The molecule has 0 aliphatic rings. The molecule has 1 aromatic heterocycles. The van der Waals surface area contributed by atoms with Gasteiger partial charge in [-0.1, -0.05) is 44.2 Å². The van der Waals surface area contributed by atoms with Gasteiger partial charge in [0, 0.05) is 12.6 Å². The number of benzene rings is 1. The molecule has 0 saturated heterocycles. The second-order valence-electron chi connectivity index (χ2n) is 4.19. The molecule has 0 N–H and O–H groups in total. The summed E-state index contributed by atoms with van der Waals surface area (Å²) in [6, 6.07) is 10.3. The van der Waals surface area contributed by atoms with E-state index in [-0.39, 0.29) is 0 Å². The third-order valence-electron chi connectivity index (χ3n) is 2.61. The van der Waals surface area contributed by atoms with E-state index in [4.69, 9.17) is 0 Å². The molecule has 0 amide bonds. The van der Waals surface area contributed by atoms with Gasteiger partial charge in [-0.15, -0.1) is 0 Å². The molecule has 0 unspecified atom stereocenters. The average molecular weight is 279 g/mol. The molecule has 0 aliphatic heterocycles. The molecular weight excluding hydrogens is 264 g/mol. The van der Waals surface area contributed by atoms with Crippen LogP contribution in [-0.2, 0) is 7.05 Å². The fraction of sp³-hybridized carbons (Fsp3) is 0.308. The molecule has 0 saturated carbocycles. The Hall–Kier alpha value is -1.09. The van der Waals surface area contributed by atoms with E-state index in [1.165, 1.54) is 5.56 Å². The standard InChI is InChI=1S/C13H15BrN2/c1-9(2)12-11(14)13(16(3)15-12)10-7-5-4-6-8-10/h4-9H,1-3H3.